The number of anilines is 3. The van der Waals surface area contributed by atoms with Gasteiger partial charge in [0.05, 0.1) is 34.5 Å². The number of aryl methyl sites for hydroxylation is 1. The molecule has 6 aromatic rings. The lowest BCUT2D eigenvalue weighted by atomic mass is 10.0. The van der Waals surface area contributed by atoms with Gasteiger partial charge in [-0.2, -0.15) is 10.2 Å². The molecule has 0 spiro atoms. The Morgan fingerprint density at radius 2 is 1.47 bits per heavy atom. The van der Waals surface area contributed by atoms with Gasteiger partial charge < -0.3 is 25.6 Å². The van der Waals surface area contributed by atoms with Gasteiger partial charge in [-0.3, -0.25) is 4.90 Å². The van der Waals surface area contributed by atoms with Crippen molar-refractivity contribution in [2.45, 2.75) is 19.9 Å². The number of carbonyl (C=O) groups excluding carboxylic acids is 1. The molecule has 0 unspecified atom stereocenters. The van der Waals surface area contributed by atoms with Crippen LogP contribution in [0.15, 0.2) is 115 Å². The Kier molecular flexibility index (Phi) is 11.0. The monoisotopic (exact) mass is 655 g/mol. The van der Waals surface area contributed by atoms with Crippen molar-refractivity contribution < 1.29 is 14.7 Å². The summed E-state index contributed by atoms with van der Waals surface area (Å²) in [7, 11) is 6.09. The van der Waals surface area contributed by atoms with Gasteiger partial charge in [0.2, 0.25) is 0 Å². The maximum absolute atomic E-state index is 12.7. The first-order chi connectivity index (χ1) is 23.6. The number of carboxylic acids is 1. The topological polar surface area (TPSA) is 132 Å². The molecule has 10 heteroatoms. The normalized spacial score (nSPS) is 10.8. The van der Waals surface area contributed by atoms with Gasteiger partial charge in [0.25, 0.3) is 0 Å². The number of nitrogens with zero attached hydrogens (tertiary/aromatic N) is 5. The van der Waals surface area contributed by atoms with Crippen LogP contribution in [0.25, 0.3) is 22.0 Å². The molecule has 10 nitrogen and oxygen atoms in total. The van der Waals surface area contributed by atoms with E-state index in [4.69, 9.17) is 10.8 Å². The van der Waals surface area contributed by atoms with Crippen LogP contribution in [0, 0.1) is 6.92 Å². The van der Waals surface area contributed by atoms with E-state index in [1.807, 2.05) is 73.6 Å². The number of urea groups is 1. The average Bonchev–Trinajstić information content (AvgIpc) is 3.42. The summed E-state index contributed by atoms with van der Waals surface area (Å²) in [5.74, 6) is -0.879. The van der Waals surface area contributed by atoms with Crippen LogP contribution >= 0.6 is 0 Å². The molecule has 250 valence electrons. The van der Waals surface area contributed by atoms with Crippen molar-refractivity contribution in [2.75, 3.05) is 37.5 Å². The minimum Gasteiger partial charge on any atom is -0.478 e. The maximum Gasteiger partial charge on any atom is 0.335 e. The molecule has 0 saturated heterocycles. The first-order valence-electron chi connectivity index (χ1n) is 15.9. The van der Waals surface area contributed by atoms with E-state index in [0.29, 0.717) is 12.1 Å². The Balaban J connectivity index is 0.000000452. The molecule has 0 aliphatic rings. The molecule has 2 amide bonds. The van der Waals surface area contributed by atoms with E-state index < -0.39 is 12.0 Å². The number of amides is 2. The molecule has 0 saturated carbocycles. The molecule has 0 atom stereocenters. The summed E-state index contributed by atoms with van der Waals surface area (Å²) < 4.78 is 0. The molecule has 2 heterocycles. The molecule has 4 aromatic carbocycles. The highest BCUT2D eigenvalue weighted by molar-refractivity contribution is 6.01. The smallest absolute Gasteiger partial charge is 0.335 e. The lowest BCUT2D eigenvalue weighted by Crippen LogP contribution is -2.31. The molecule has 4 N–H and O–H groups in total. The number of carboxylic acid groups (broad SMARTS) is 1. The van der Waals surface area contributed by atoms with E-state index in [9.17, 15) is 9.59 Å². The zero-order valence-electron chi connectivity index (χ0n) is 28.2. The number of nitrogens with two attached hydrogens (primary N) is 1. The minimum absolute atomic E-state index is 0.331. The van der Waals surface area contributed by atoms with Crippen molar-refractivity contribution in [2.24, 2.45) is 5.73 Å². The number of aromatic amines is 1. The predicted molar refractivity (Wildman–Crippen MR) is 196 cm³/mol. The number of carbonyl (C=O) groups is 2. The van der Waals surface area contributed by atoms with E-state index in [2.05, 4.69) is 58.3 Å². The summed E-state index contributed by atoms with van der Waals surface area (Å²) in [4.78, 5) is 32.3. The Hall–Kier alpha value is -6.00. The molecule has 0 bridgehead atoms. The van der Waals surface area contributed by atoms with Crippen LogP contribution in [0.1, 0.15) is 27.3 Å². The fourth-order valence-electron chi connectivity index (χ4n) is 5.65. The number of fused-ring (bicyclic) bond motifs is 1. The van der Waals surface area contributed by atoms with Gasteiger partial charge in [-0.1, -0.05) is 60.7 Å². The first-order valence-corrected chi connectivity index (χ1v) is 15.9. The van der Waals surface area contributed by atoms with Gasteiger partial charge >= 0.3 is 12.0 Å². The van der Waals surface area contributed by atoms with Crippen molar-refractivity contribution in [1.29, 1.82) is 0 Å². The van der Waals surface area contributed by atoms with E-state index in [0.717, 1.165) is 63.4 Å². The number of rotatable bonds is 10. The molecule has 0 aliphatic carbocycles. The fourth-order valence-corrected chi connectivity index (χ4v) is 5.65. The maximum atomic E-state index is 12.7. The highest BCUT2D eigenvalue weighted by Crippen LogP contribution is 2.33. The lowest BCUT2D eigenvalue weighted by molar-refractivity contribution is 0.0697. The van der Waals surface area contributed by atoms with Crippen LogP contribution in [0.5, 0.6) is 0 Å². The van der Waals surface area contributed by atoms with Gasteiger partial charge in [-0.15, -0.1) is 0 Å². The standard InChI is InChI=1S/C32H35N7O.C7H6O2/c1-22-29(15-16-38(4)21-25-18-28(37(2)3)20-34-36-25)30-19-27(13-14-31(30)35-22)39(32(33)40)26-12-8-11-24(17-26)23-9-6-5-7-10-23;8-7(9)6-4-2-1-3-5-6/h5-14,17-20,35H,15-16,21H2,1-4H3,(H2,33,40);1-5H,(H,8,9). The third-order valence-corrected chi connectivity index (χ3v) is 8.20. The third-order valence-electron chi connectivity index (χ3n) is 8.20. The van der Waals surface area contributed by atoms with Gasteiger partial charge in [-0.05, 0) is 85.6 Å². The summed E-state index contributed by atoms with van der Waals surface area (Å²) in [5, 5.41) is 17.9. The molecule has 49 heavy (non-hydrogen) atoms. The first kappa shape index (κ1) is 34.3. The second-order valence-electron chi connectivity index (χ2n) is 12.0. The highest BCUT2D eigenvalue weighted by Gasteiger charge is 2.19. The quantitative estimate of drug-likeness (QED) is 0.141. The Morgan fingerprint density at radius 3 is 2.12 bits per heavy atom. The highest BCUT2D eigenvalue weighted by atomic mass is 16.4. The number of primary amides is 1. The largest absolute Gasteiger partial charge is 0.478 e. The molecule has 0 fully saturated rings. The van der Waals surface area contributed by atoms with Crippen LogP contribution < -0.4 is 15.5 Å². The van der Waals surface area contributed by atoms with Crippen LogP contribution in [0.3, 0.4) is 0 Å². The lowest BCUT2D eigenvalue weighted by Gasteiger charge is -2.22. The summed E-state index contributed by atoms with van der Waals surface area (Å²) in [6, 6.07) is 33.8. The van der Waals surface area contributed by atoms with E-state index in [-0.39, 0.29) is 0 Å². The van der Waals surface area contributed by atoms with Gasteiger partial charge in [0, 0.05) is 43.8 Å². The number of H-pyrrole nitrogens is 1. The van der Waals surface area contributed by atoms with Crippen molar-refractivity contribution >= 4 is 40.0 Å². The van der Waals surface area contributed by atoms with E-state index >= 15 is 0 Å². The number of nitrogens with one attached hydrogen (secondary N) is 1. The molecular weight excluding hydrogens is 614 g/mol. The van der Waals surface area contributed by atoms with E-state index in [1.165, 1.54) is 5.56 Å². The fraction of sp³-hybridized carbons (Fsp3) is 0.179. The molecule has 6 rings (SSSR count). The molecule has 2 aromatic heterocycles. The van der Waals surface area contributed by atoms with Crippen molar-refractivity contribution in [1.82, 2.24) is 20.1 Å². The number of hydrogen-bond donors (Lipinski definition) is 3. The Morgan fingerprint density at radius 1 is 0.796 bits per heavy atom. The van der Waals surface area contributed by atoms with Crippen molar-refractivity contribution in [3.63, 3.8) is 0 Å². The summed E-state index contributed by atoms with van der Waals surface area (Å²) in [5.41, 5.74) is 15.2. The van der Waals surface area contributed by atoms with Crippen LogP contribution in [0.2, 0.25) is 0 Å². The predicted octanol–water partition coefficient (Wildman–Crippen LogP) is 7.28. The van der Waals surface area contributed by atoms with Crippen LogP contribution in [-0.4, -0.2) is 64.9 Å². The van der Waals surface area contributed by atoms with Crippen LogP contribution in [0.4, 0.5) is 21.9 Å². The molecule has 0 radical (unpaired) electrons. The van der Waals surface area contributed by atoms with Crippen molar-refractivity contribution in [3.8, 4) is 11.1 Å². The third kappa shape index (κ3) is 8.68. The number of hydrogen-bond acceptors (Lipinski definition) is 6. The molecule has 0 aliphatic heterocycles. The summed E-state index contributed by atoms with van der Waals surface area (Å²) >= 11 is 0. The summed E-state index contributed by atoms with van der Waals surface area (Å²) in [6.07, 6.45) is 2.61. The number of benzene rings is 4. The zero-order chi connectivity index (χ0) is 34.9. The second kappa shape index (κ2) is 15.7. The van der Waals surface area contributed by atoms with Gasteiger partial charge in [-0.25, -0.2) is 9.59 Å². The van der Waals surface area contributed by atoms with Crippen molar-refractivity contribution in [3.05, 3.63) is 138 Å². The summed E-state index contributed by atoms with van der Waals surface area (Å²) in [6.45, 7) is 3.63. The van der Waals surface area contributed by atoms with Gasteiger partial charge in [0.15, 0.2) is 0 Å². The van der Waals surface area contributed by atoms with E-state index in [1.54, 1.807) is 41.4 Å². The minimum atomic E-state index is -0.879. The SMILES string of the molecule is Cc1[nH]c2ccc(N(C(N)=O)c3cccc(-c4ccccc4)c3)cc2c1CCN(C)Cc1cc(N(C)C)cnn1.O=C(O)c1ccccc1. The second-order valence-corrected chi connectivity index (χ2v) is 12.0. The average molecular weight is 656 g/mol. The zero-order valence-corrected chi connectivity index (χ0v) is 28.2. The van der Waals surface area contributed by atoms with Gasteiger partial charge in [0.1, 0.15) is 0 Å². The Labute approximate surface area is 286 Å². The Bertz CT molecular complexity index is 2030. The van der Waals surface area contributed by atoms with Crippen LogP contribution in [-0.2, 0) is 13.0 Å². The number of aromatic nitrogens is 3. The number of likely N-dealkylation sites (N-methyl/N-ethyl adjacent to an activating group) is 1. The number of aromatic carboxylic acids is 1. The molecular formula is C39H41N7O3.